The van der Waals surface area contributed by atoms with E-state index in [2.05, 4.69) is 0 Å². The van der Waals surface area contributed by atoms with E-state index < -0.39 is 6.04 Å². The van der Waals surface area contributed by atoms with E-state index in [0.29, 0.717) is 29.8 Å². The van der Waals surface area contributed by atoms with Gasteiger partial charge in [-0.05, 0) is 55.0 Å². The lowest BCUT2D eigenvalue weighted by Gasteiger charge is -2.34. The average molecular weight is 394 g/mol. The lowest BCUT2D eigenvalue weighted by Crippen LogP contribution is -2.52. The molecule has 28 heavy (non-hydrogen) atoms. The van der Waals surface area contributed by atoms with Crippen molar-refractivity contribution in [1.29, 1.82) is 0 Å². The minimum atomic E-state index is -0.786. The maximum absolute atomic E-state index is 13.6. The Morgan fingerprint density at radius 1 is 1.04 bits per heavy atom. The Balaban J connectivity index is 1.69. The first kappa shape index (κ1) is 18.7. The Morgan fingerprint density at radius 3 is 2.36 bits per heavy atom. The first-order chi connectivity index (χ1) is 13.6. The molecule has 0 aliphatic carbocycles. The number of thioether (sulfide) groups is 1. The average Bonchev–Trinajstić information content (AvgIpc) is 2.99. The third kappa shape index (κ3) is 3.11. The summed E-state index contributed by atoms with van der Waals surface area (Å²) >= 11 is 1.60. The van der Waals surface area contributed by atoms with Crippen LogP contribution >= 0.6 is 11.8 Å². The van der Waals surface area contributed by atoms with Gasteiger partial charge in [0.15, 0.2) is 0 Å². The second-order valence-corrected chi connectivity index (χ2v) is 8.03. The zero-order valence-electron chi connectivity index (χ0n) is 15.8. The van der Waals surface area contributed by atoms with Crippen LogP contribution in [0.3, 0.4) is 0 Å². The number of amides is 3. The van der Waals surface area contributed by atoms with E-state index in [1.165, 1.54) is 4.90 Å². The van der Waals surface area contributed by atoms with Crippen LogP contribution in [0.4, 0.5) is 5.69 Å². The minimum Gasteiger partial charge on any atom is -0.310 e. The summed E-state index contributed by atoms with van der Waals surface area (Å²) in [6.07, 6.45) is 4.22. The number of carbonyl (C=O) groups excluding carboxylic acids is 3. The quantitative estimate of drug-likeness (QED) is 0.730. The van der Waals surface area contributed by atoms with E-state index in [1.54, 1.807) is 40.9 Å². The monoisotopic (exact) mass is 394 g/mol. The van der Waals surface area contributed by atoms with Crippen molar-refractivity contribution in [1.82, 2.24) is 4.90 Å². The smallest absolute Gasteiger partial charge is 0.262 e. The highest BCUT2D eigenvalue weighted by molar-refractivity contribution is 7.98. The van der Waals surface area contributed by atoms with E-state index in [0.717, 1.165) is 24.1 Å². The predicted octanol–water partition coefficient (Wildman–Crippen LogP) is 3.38. The van der Waals surface area contributed by atoms with E-state index in [1.807, 2.05) is 30.5 Å². The van der Waals surface area contributed by atoms with E-state index in [9.17, 15) is 14.4 Å². The minimum absolute atomic E-state index is 0.171. The van der Waals surface area contributed by atoms with Gasteiger partial charge in [-0.2, -0.15) is 11.8 Å². The van der Waals surface area contributed by atoms with E-state index in [4.69, 9.17) is 0 Å². The van der Waals surface area contributed by atoms with Gasteiger partial charge >= 0.3 is 0 Å². The molecule has 5 nitrogen and oxygen atoms in total. The molecule has 4 rings (SSSR count). The maximum atomic E-state index is 13.6. The standard InChI is InChI=1S/C22H22N2O3S/c1-28-14-12-19(24-20(25)16-9-3-4-10-17(16)21(24)26)22(27)23-13-6-8-15-7-2-5-11-18(15)23/h2-5,7,9-11,19H,6,8,12-14H2,1H3/t19-/m1/s1. The molecule has 2 aliphatic heterocycles. The number of fused-ring (bicyclic) bond motifs is 2. The van der Waals surface area contributed by atoms with E-state index >= 15 is 0 Å². The number of anilines is 1. The van der Waals surface area contributed by atoms with Crippen molar-refractivity contribution >= 4 is 35.2 Å². The summed E-state index contributed by atoms with van der Waals surface area (Å²) in [5.74, 6) is -0.217. The summed E-state index contributed by atoms with van der Waals surface area (Å²) in [6, 6.07) is 13.9. The van der Waals surface area contributed by atoms with E-state index in [-0.39, 0.29) is 17.7 Å². The van der Waals surface area contributed by atoms with Gasteiger partial charge in [0.2, 0.25) is 5.91 Å². The Morgan fingerprint density at radius 2 is 1.68 bits per heavy atom. The molecule has 0 radical (unpaired) electrons. The van der Waals surface area contributed by atoms with Gasteiger partial charge in [0.25, 0.3) is 11.8 Å². The largest absolute Gasteiger partial charge is 0.310 e. The number of hydrogen-bond acceptors (Lipinski definition) is 4. The molecule has 2 aromatic carbocycles. The van der Waals surface area contributed by atoms with Crippen molar-refractivity contribution in [3.8, 4) is 0 Å². The zero-order chi connectivity index (χ0) is 19.7. The van der Waals surface area contributed by atoms with Crippen molar-refractivity contribution in [2.24, 2.45) is 0 Å². The van der Waals surface area contributed by atoms with Gasteiger partial charge in [-0.15, -0.1) is 0 Å². The molecule has 0 aromatic heterocycles. The number of para-hydroxylation sites is 1. The van der Waals surface area contributed by atoms with Crippen molar-refractivity contribution in [2.45, 2.75) is 25.3 Å². The van der Waals surface area contributed by atoms with Gasteiger partial charge < -0.3 is 4.90 Å². The number of imide groups is 1. The summed E-state index contributed by atoms with van der Waals surface area (Å²) in [5.41, 5.74) is 2.79. The molecule has 0 fully saturated rings. The number of benzene rings is 2. The van der Waals surface area contributed by atoms with Gasteiger partial charge in [0.05, 0.1) is 11.1 Å². The van der Waals surface area contributed by atoms with Crippen molar-refractivity contribution in [3.63, 3.8) is 0 Å². The molecule has 0 saturated carbocycles. The molecular weight excluding hydrogens is 372 g/mol. The van der Waals surface area contributed by atoms with Crippen LogP contribution in [-0.4, -0.2) is 47.2 Å². The first-order valence-electron chi connectivity index (χ1n) is 9.48. The molecule has 0 bridgehead atoms. The van der Waals surface area contributed by atoms with Crippen LogP contribution in [0.5, 0.6) is 0 Å². The molecule has 0 N–H and O–H groups in total. The van der Waals surface area contributed by atoms with Crippen LogP contribution in [0.1, 0.15) is 39.1 Å². The molecule has 0 spiro atoms. The van der Waals surface area contributed by atoms with Crippen LogP contribution in [-0.2, 0) is 11.2 Å². The fourth-order valence-corrected chi connectivity index (χ4v) is 4.48. The van der Waals surface area contributed by atoms with Gasteiger partial charge in [-0.3, -0.25) is 19.3 Å². The third-order valence-electron chi connectivity index (χ3n) is 5.39. The lowest BCUT2D eigenvalue weighted by atomic mass is 10.00. The predicted molar refractivity (Wildman–Crippen MR) is 111 cm³/mol. The fraction of sp³-hybridized carbons (Fsp3) is 0.318. The summed E-state index contributed by atoms with van der Waals surface area (Å²) in [5, 5.41) is 0. The Hall–Kier alpha value is -2.60. The van der Waals surface area contributed by atoms with Gasteiger partial charge in [-0.25, -0.2) is 0 Å². The zero-order valence-corrected chi connectivity index (χ0v) is 16.6. The normalized spacial score (nSPS) is 16.8. The number of aryl methyl sites for hydroxylation is 1. The molecular formula is C22H22N2O3S. The van der Waals surface area contributed by atoms with Crippen molar-refractivity contribution < 1.29 is 14.4 Å². The van der Waals surface area contributed by atoms with Gasteiger partial charge in [0.1, 0.15) is 6.04 Å². The molecule has 144 valence electrons. The molecule has 2 aliphatic rings. The summed E-state index contributed by atoms with van der Waals surface area (Å²) in [7, 11) is 0. The van der Waals surface area contributed by atoms with Crippen LogP contribution < -0.4 is 4.90 Å². The van der Waals surface area contributed by atoms with Crippen molar-refractivity contribution in [3.05, 3.63) is 65.2 Å². The van der Waals surface area contributed by atoms with Gasteiger partial charge in [-0.1, -0.05) is 30.3 Å². The van der Waals surface area contributed by atoms with Gasteiger partial charge in [0, 0.05) is 12.2 Å². The van der Waals surface area contributed by atoms with Crippen LogP contribution in [0, 0.1) is 0 Å². The molecule has 6 heteroatoms. The number of carbonyl (C=O) groups is 3. The summed E-state index contributed by atoms with van der Waals surface area (Å²) in [6.45, 7) is 0.606. The number of hydrogen-bond donors (Lipinski definition) is 0. The van der Waals surface area contributed by atoms with Crippen molar-refractivity contribution in [2.75, 3.05) is 23.5 Å². The molecule has 3 amide bonds. The van der Waals surface area contributed by atoms with Crippen LogP contribution in [0.15, 0.2) is 48.5 Å². The number of rotatable bonds is 5. The Bertz CT molecular complexity index is 908. The molecule has 0 unspecified atom stereocenters. The lowest BCUT2D eigenvalue weighted by molar-refractivity contribution is -0.122. The Labute approximate surface area is 168 Å². The molecule has 0 saturated heterocycles. The first-order valence-corrected chi connectivity index (χ1v) is 10.9. The topological polar surface area (TPSA) is 57.7 Å². The van der Waals surface area contributed by atoms with Crippen LogP contribution in [0.25, 0.3) is 0 Å². The summed E-state index contributed by atoms with van der Waals surface area (Å²) in [4.78, 5) is 42.4. The second kappa shape index (κ2) is 7.80. The molecule has 2 aromatic rings. The van der Waals surface area contributed by atoms with Crippen LogP contribution in [0.2, 0.25) is 0 Å². The highest BCUT2D eigenvalue weighted by Gasteiger charge is 2.44. The highest BCUT2D eigenvalue weighted by Crippen LogP contribution is 2.31. The maximum Gasteiger partial charge on any atom is 0.262 e. The third-order valence-corrected chi connectivity index (χ3v) is 6.04. The summed E-state index contributed by atoms with van der Waals surface area (Å²) < 4.78 is 0. The SMILES string of the molecule is CSCC[C@H](C(=O)N1CCCc2ccccc21)N1C(=O)c2ccccc2C1=O. The fourth-order valence-electron chi connectivity index (χ4n) is 4.03. The second-order valence-electron chi connectivity index (χ2n) is 7.05. The highest BCUT2D eigenvalue weighted by atomic mass is 32.2. The molecule has 2 heterocycles. The number of nitrogens with zero attached hydrogens (tertiary/aromatic N) is 2. The molecule has 1 atom stereocenters. The Kier molecular flexibility index (Phi) is 5.22.